The van der Waals surface area contributed by atoms with Gasteiger partial charge in [0.25, 0.3) is 5.91 Å². The second-order valence-corrected chi connectivity index (χ2v) is 6.15. The molecule has 2 aromatic rings. The van der Waals surface area contributed by atoms with Gasteiger partial charge in [-0.05, 0) is 35.9 Å². The zero-order valence-electron chi connectivity index (χ0n) is 12.8. The Morgan fingerprint density at radius 2 is 1.68 bits per heavy atom. The molecule has 0 radical (unpaired) electrons. The highest BCUT2D eigenvalue weighted by Gasteiger charge is 2.30. The van der Waals surface area contributed by atoms with Crippen molar-refractivity contribution in [2.24, 2.45) is 5.73 Å². The topological polar surface area (TPSA) is 72.2 Å². The number of alkyl halides is 3. The third kappa shape index (κ3) is 5.06. The number of carbonyl (C=O) groups is 2. The highest BCUT2D eigenvalue weighted by Crippen LogP contribution is 2.29. The Morgan fingerprint density at radius 3 is 2.20 bits per heavy atom. The summed E-state index contributed by atoms with van der Waals surface area (Å²) in [6.45, 7) is 0. The molecule has 2 rings (SSSR count). The Hall–Kier alpha value is -2.35. The van der Waals surface area contributed by atoms with Gasteiger partial charge < -0.3 is 11.1 Å². The molecule has 0 saturated heterocycles. The maximum Gasteiger partial charge on any atom is 0.416 e. The van der Waals surface area contributed by atoms with Crippen molar-refractivity contribution in [3.8, 4) is 0 Å². The fraction of sp³-hybridized carbons (Fsp3) is 0.176. The summed E-state index contributed by atoms with van der Waals surface area (Å²) < 4.78 is 38.4. The van der Waals surface area contributed by atoms with E-state index in [1.165, 1.54) is 0 Å². The lowest BCUT2D eigenvalue weighted by Gasteiger charge is -2.16. The number of halogens is 4. The summed E-state index contributed by atoms with van der Waals surface area (Å²) in [6, 6.07) is 9.85. The SMILES string of the molecule is NC(=O)[C@@H](Cc1ccccc1Br)NC(=O)c1ccc(C(F)(F)F)cc1. The average molecular weight is 415 g/mol. The first-order valence-corrected chi connectivity index (χ1v) is 7.98. The largest absolute Gasteiger partial charge is 0.416 e. The van der Waals surface area contributed by atoms with Crippen LogP contribution in [0.2, 0.25) is 0 Å². The Bertz CT molecular complexity index is 776. The van der Waals surface area contributed by atoms with E-state index in [9.17, 15) is 22.8 Å². The molecule has 0 aliphatic rings. The summed E-state index contributed by atoms with van der Waals surface area (Å²) in [6.07, 6.45) is -4.33. The number of amides is 2. The van der Waals surface area contributed by atoms with Gasteiger partial charge in [-0.25, -0.2) is 0 Å². The molecule has 0 aromatic heterocycles. The molecule has 0 aliphatic carbocycles. The maximum atomic E-state index is 12.6. The van der Waals surface area contributed by atoms with Gasteiger partial charge in [0, 0.05) is 16.5 Å². The molecule has 0 heterocycles. The van der Waals surface area contributed by atoms with Crippen LogP contribution < -0.4 is 11.1 Å². The first-order chi connectivity index (χ1) is 11.7. The predicted molar refractivity (Wildman–Crippen MR) is 89.7 cm³/mol. The van der Waals surface area contributed by atoms with Gasteiger partial charge in [0.1, 0.15) is 6.04 Å². The van der Waals surface area contributed by atoms with E-state index in [0.29, 0.717) is 0 Å². The molecule has 132 valence electrons. The van der Waals surface area contributed by atoms with E-state index < -0.39 is 29.6 Å². The van der Waals surface area contributed by atoms with Crippen molar-refractivity contribution in [2.75, 3.05) is 0 Å². The van der Waals surface area contributed by atoms with Crippen LogP contribution in [0.3, 0.4) is 0 Å². The second kappa shape index (κ2) is 7.69. The highest BCUT2D eigenvalue weighted by molar-refractivity contribution is 9.10. The Labute approximate surface area is 150 Å². The lowest BCUT2D eigenvalue weighted by molar-refractivity contribution is -0.137. The molecular formula is C17H14BrF3N2O2. The summed E-state index contributed by atoms with van der Waals surface area (Å²) in [5, 5.41) is 2.45. The van der Waals surface area contributed by atoms with Gasteiger partial charge in [-0.2, -0.15) is 13.2 Å². The first kappa shape index (κ1) is 19.0. The summed E-state index contributed by atoms with van der Waals surface area (Å²) >= 11 is 3.34. The molecule has 25 heavy (non-hydrogen) atoms. The third-order valence-electron chi connectivity index (χ3n) is 3.51. The molecule has 0 aliphatic heterocycles. The quantitative estimate of drug-likeness (QED) is 0.787. The van der Waals surface area contributed by atoms with Crippen molar-refractivity contribution in [2.45, 2.75) is 18.6 Å². The molecule has 0 bridgehead atoms. The van der Waals surface area contributed by atoms with Gasteiger partial charge in [-0.3, -0.25) is 9.59 Å². The van der Waals surface area contributed by atoms with Crippen molar-refractivity contribution >= 4 is 27.7 Å². The van der Waals surface area contributed by atoms with Gasteiger partial charge in [-0.1, -0.05) is 34.1 Å². The minimum atomic E-state index is -4.48. The zero-order chi connectivity index (χ0) is 18.6. The lowest BCUT2D eigenvalue weighted by atomic mass is 10.0. The van der Waals surface area contributed by atoms with Gasteiger partial charge in [0.15, 0.2) is 0 Å². The van der Waals surface area contributed by atoms with E-state index >= 15 is 0 Å². The molecular weight excluding hydrogens is 401 g/mol. The molecule has 0 saturated carbocycles. The molecule has 2 aromatic carbocycles. The van der Waals surface area contributed by atoms with E-state index in [1.807, 2.05) is 0 Å². The number of nitrogens with two attached hydrogens (primary N) is 1. The Balaban J connectivity index is 2.13. The van der Waals surface area contributed by atoms with E-state index in [-0.39, 0.29) is 12.0 Å². The number of rotatable bonds is 5. The normalized spacial score (nSPS) is 12.5. The van der Waals surface area contributed by atoms with E-state index in [1.54, 1.807) is 24.3 Å². The Kier molecular flexibility index (Phi) is 5.84. The number of nitrogens with one attached hydrogen (secondary N) is 1. The summed E-state index contributed by atoms with van der Waals surface area (Å²) in [4.78, 5) is 23.8. The van der Waals surface area contributed by atoms with Crippen LogP contribution in [-0.4, -0.2) is 17.9 Å². The van der Waals surface area contributed by atoms with Crippen LogP contribution in [0.15, 0.2) is 53.0 Å². The molecule has 0 unspecified atom stereocenters. The molecule has 0 fully saturated rings. The minimum Gasteiger partial charge on any atom is -0.368 e. The van der Waals surface area contributed by atoms with Crippen molar-refractivity contribution in [1.82, 2.24) is 5.32 Å². The molecule has 0 spiro atoms. The van der Waals surface area contributed by atoms with E-state index in [0.717, 1.165) is 34.3 Å². The predicted octanol–water partition coefficient (Wildman–Crippen LogP) is 3.29. The van der Waals surface area contributed by atoms with Crippen molar-refractivity contribution < 1.29 is 22.8 Å². The molecule has 3 N–H and O–H groups in total. The van der Waals surface area contributed by atoms with Crippen LogP contribution in [-0.2, 0) is 17.4 Å². The molecule has 4 nitrogen and oxygen atoms in total. The van der Waals surface area contributed by atoms with Crippen LogP contribution >= 0.6 is 15.9 Å². The second-order valence-electron chi connectivity index (χ2n) is 5.30. The summed E-state index contributed by atoms with van der Waals surface area (Å²) in [5.41, 5.74) is 5.24. The standard InChI is InChI=1S/C17H14BrF3N2O2/c18-13-4-2-1-3-11(13)9-14(15(22)24)23-16(25)10-5-7-12(8-6-10)17(19,20)21/h1-8,14H,9H2,(H2,22,24)(H,23,25)/t14-/m1/s1. The fourth-order valence-corrected chi connectivity index (χ4v) is 2.61. The monoisotopic (exact) mass is 414 g/mol. The average Bonchev–Trinajstić information content (AvgIpc) is 2.55. The van der Waals surface area contributed by atoms with Crippen molar-refractivity contribution in [3.05, 3.63) is 69.7 Å². The number of hydrogen-bond donors (Lipinski definition) is 2. The van der Waals surface area contributed by atoms with Crippen LogP contribution in [0, 0.1) is 0 Å². The number of carbonyl (C=O) groups excluding carboxylic acids is 2. The lowest BCUT2D eigenvalue weighted by Crippen LogP contribution is -2.45. The summed E-state index contributed by atoms with van der Waals surface area (Å²) in [7, 11) is 0. The first-order valence-electron chi connectivity index (χ1n) is 7.19. The van der Waals surface area contributed by atoms with Gasteiger partial charge >= 0.3 is 6.18 Å². The summed E-state index contributed by atoms with van der Waals surface area (Å²) in [5.74, 6) is -1.42. The number of benzene rings is 2. The van der Waals surface area contributed by atoms with Crippen LogP contribution in [0.1, 0.15) is 21.5 Å². The number of primary amides is 1. The van der Waals surface area contributed by atoms with E-state index in [4.69, 9.17) is 5.73 Å². The third-order valence-corrected chi connectivity index (χ3v) is 4.28. The zero-order valence-corrected chi connectivity index (χ0v) is 14.4. The van der Waals surface area contributed by atoms with Crippen LogP contribution in [0.4, 0.5) is 13.2 Å². The van der Waals surface area contributed by atoms with E-state index in [2.05, 4.69) is 21.2 Å². The van der Waals surface area contributed by atoms with Crippen molar-refractivity contribution in [1.29, 1.82) is 0 Å². The smallest absolute Gasteiger partial charge is 0.368 e. The van der Waals surface area contributed by atoms with Gasteiger partial charge in [-0.15, -0.1) is 0 Å². The van der Waals surface area contributed by atoms with Gasteiger partial charge in [0.2, 0.25) is 5.91 Å². The molecule has 1 atom stereocenters. The van der Waals surface area contributed by atoms with Crippen molar-refractivity contribution in [3.63, 3.8) is 0 Å². The maximum absolute atomic E-state index is 12.6. The van der Waals surface area contributed by atoms with Crippen LogP contribution in [0.5, 0.6) is 0 Å². The fourth-order valence-electron chi connectivity index (χ4n) is 2.16. The van der Waals surface area contributed by atoms with Gasteiger partial charge in [0.05, 0.1) is 5.56 Å². The molecule has 2 amide bonds. The highest BCUT2D eigenvalue weighted by atomic mass is 79.9. The number of hydrogen-bond acceptors (Lipinski definition) is 2. The van der Waals surface area contributed by atoms with Crippen LogP contribution in [0.25, 0.3) is 0 Å². The molecule has 8 heteroatoms. The minimum absolute atomic E-state index is 0.00590. The Morgan fingerprint density at radius 1 is 1.08 bits per heavy atom.